The molecule has 0 saturated heterocycles. The van der Waals surface area contributed by atoms with E-state index in [9.17, 15) is 9.90 Å². The van der Waals surface area contributed by atoms with Gasteiger partial charge in [0, 0.05) is 23.3 Å². The van der Waals surface area contributed by atoms with E-state index in [1.54, 1.807) is 24.0 Å². The second-order valence-electron chi connectivity index (χ2n) is 4.99. The van der Waals surface area contributed by atoms with Crippen LogP contribution in [0.1, 0.15) is 26.3 Å². The normalized spacial score (nSPS) is 12.4. The minimum Gasteiger partial charge on any atom is -0.392 e. The van der Waals surface area contributed by atoms with Crippen LogP contribution in [0, 0.1) is 6.92 Å². The lowest BCUT2D eigenvalue weighted by atomic mass is 10.2. The van der Waals surface area contributed by atoms with Crippen molar-refractivity contribution in [3.05, 3.63) is 28.8 Å². The summed E-state index contributed by atoms with van der Waals surface area (Å²) in [7, 11) is 0. The van der Waals surface area contributed by atoms with Gasteiger partial charge in [-0.1, -0.05) is 17.7 Å². The largest absolute Gasteiger partial charge is 0.392 e. The van der Waals surface area contributed by atoms with Crippen LogP contribution in [0.4, 0.5) is 10.5 Å². The highest BCUT2D eigenvalue weighted by Crippen LogP contribution is 2.20. The topological polar surface area (TPSA) is 52.6 Å². The predicted octanol–water partition coefficient (Wildman–Crippen LogP) is 3.27. The molecule has 2 N–H and O–H groups in total. The third-order valence-corrected chi connectivity index (χ3v) is 3.18. The van der Waals surface area contributed by atoms with Crippen LogP contribution in [0.2, 0.25) is 5.02 Å². The molecule has 0 radical (unpaired) electrons. The second kappa shape index (κ2) is 6.78. The van der Waals surface area contributed by atoms with E-state index in [2.05, 4.69) is 5.32 Å². The Morgan fingerprint density at radius 2 is 2.05 bits per heavy atom. The SMILES string of the molecule is Cc1ccc(NC(=O)N(CC(C)O)C(C)C)cc1Cl. The summed E-state index contributed by atoms with van der Waals surface area (Å²) < 4.78 is 0. The molecule has 0 heterocycles. The molecule has 0 spiro atoms. The van der Waals surface area contributed by atoms with E-state index in [1.165, 1.54) is 0 Å². The highest BCUT2D eigenvalue weighted by Gasteiger charge is 2.18. The standard InChI is InChI=1S/C14H21ClN2O2/c1-9(2)17(8-11(4)18)14(19)16-12-6-5-10(3)13(15)7-12/h5-7,9,11,18H,8H2,1-4H3,(H,16,19). The molecule has 1 aromatic carbocycles. The summed E-state index contributed by atoms with van der Waals surface area (Å²) >= 11 is 6.02. The van der Waals surface area contributed by atoms with Crippen molar-refractivity contribution in [3.8, 4) is 0 Å². The van der Waals surface area contributed by atoms with Gasteiger partial charge < -0.3 is 15.3 Å². The van der Waals surface area contributed by atoms with Gasteiger partial charge in [-0.15, -0.1) is 0 Å². The van der Waals surface area contributed by atoms with Gasteiger partial charge >= 0.3 is 6.03 Å². The van der Waals surface area contributed by atoms with Crippen molar-refractivity contribution in [3.63, 3.8) is 0 Å². The van der Waals surface area contributed by atoms with Gasteiger partial charge in [-0.05, 0) is 45.4 Å². The Bertz CT molecular complexity index is 447. The number of aliphatic hydroxyl groups is 1. The summed E-state index contributed by atoms with van der Waals surface area (Å²) in [6.45, 7) is 7.67. The van der Waals surface area contributed by atoms with Crippen molar-refractivity contribution < 1.29 is 9.90 Å². The van der Waals surface area contributed by atoms with Gasteiger partial charge in [-0.2, -0.15) is 0 Å². The molecule has 1 aromatic rings. The Hall–Kier alpha value is -1.26. The molecular weight excluding hydrogens is 264 g/mol. The molecule has 1 atom stereocenters. The zero-order valence-corrected chi connectivity index (χ0v) is 12.5. The summed E-state index contributed by atoms with van der Waals surface area (Å²) in [4.78, 5) is 13.7. The molecule has 4 nitrogen and oxygen atoms in total. The summed E-state index contributed by atoms with van der Waals surface area (Å²) in [5.74, 6) is 0. The molecule has 19 heavy (non-hydrogen) atoms. The lowest BCUT2D eigenvalue weighted by Gasteiger charge is -2.28. The van der Waals surface area contributed by atoms with Crippen LogP contribution in [0.25, 0.3) is 0 Å². The van der Waals surface area contributed by atoms with Crippen LogP contribution in [0.3, 0.4) is 0 Å². The summed E-state index contributed by atoms with van der Waals surface area (Å²) in [5, 5.41) is 12.8. The first-order valence-electron chi connectivity index (χ1n) is 6.33. The number of aliphatic hydroxyl groups excluding tert-OH is 1. The number of urea groups is 1. The maximum absolute atomic E-state index is 12.1. The van der Waals surface area contributed by atoms with Crippen LogP contribution in [0.15, 0.2) is 18.2 Å². The third-order valence-electron chi connectivity index (χ3n) is 2.77. The lowest BCUT2D eigenvalue weighted by Crippen LogP contribution is -2.43. The number of hydrogen-bond acceptors (Lipinski definition) is 2. The highest BCUT2D eigenvalue weighted by atomic mass is 35.5. The molecular formula is C14H21ClN2O2. The van der Waals surface area contributed by atoms with Crippen LogP contribution in [0.5, 0.6) is 0 Å². The molecule has 2 amide bonds. The first-order valence-corrected chi connectivity index (χ1v) is 6.71. The number of rotatable bonds is 4. The number of amides is 2. The van der Waals surface area contributed by atoms with Crippen LogP contribution < -0.4 is 5.32 Å². The molecule has 5 heteroatoms. The van der Waals surface area contributed by atoms with Crippen molar-refractivity contribution in [2.75, 3.05) is 11.9 Å². The van der Waals surface area contributed by atoms with E-state index < -0.39 is 6.10 Å². The molecule has 0 aliphatic carbocycles. The monoisotopic (exact) mass is 284 g/mol. The number of benzene rings is 1. The fraction of sp³-hybridized carbons (Fsp3) is 0.500. The number of halogens is 1. The van der Waals surface area contributed by atoms with E-state index in [0.29, 0.717) is 17.3 Å². The zero-order valence-electron chi connectivity index (χ0n) is 11.8. The van der Waals surface area contributed by atoms with Crippen molar-refractivity contribution in [2.24, 2.45) is 0 Å². The van der Waals surface area contributed by atoms with Crippen LogP contribution >= 0.6 is 11.6 Å². The first kappa shape index (κ1) is 15.8. The Morgan fingerprint density at radius 1 is 1.42 bits per heavy atom. The van der Waals surface area contributed by atoms with Crippen LogP contribution in [-0.4, -0.2) is 34.7 Å². The minimum absolute atomic E-state index is 0.00974. The van der Waals surface area contributed by atoms with E-state index in [0.717, 1.165) is 5.56 Å². The van der Waals surface area contributed by atoms with E-state index in [1.807, 2.05) is 26.8 Å². The fourth-order valence-corrected chi connectivity index (χ4v) is 1.86. The van der Waals surface area contributed by atoms with Gasteiger partial charge in [0.25, 0.3) is 0 Å². The number of nitrogens with zero attached hydrogens (tertiary/aromatic N) is 1. The lowest BCUT2D eigenvalue weighted by molar-refractivity contribution is 0.125. The fourth-order valence-electron chi connectivity index (χ4n) is 1.68. The molecule has 0 saturated carbocycles. The third kappa shape index (κ3) is 4.73. The number of aryl methyl sites for hydroxylation is 1. The van der Waals surface area contributed by atoms with Crippen molar-refractivity contribution in [1.82, 2.24) is 4.90 Å². The Balaban J connectivity index is 2.78. The quantitative estimate of drug-likeness (QED) is 0.891. The van der Waals surface area contributed by atoms with E-state index in [4.69, 9.17) is 11.6 Å². The van der Waals surface area contributed by atoms with E-state index in [-0.39, 0.29) is 12.1 Å². The number of anilines is 1. The van der Waals surface area contributed by atoms with Crippen molar-refractivity contribution in [1.29, 1.82) is 0 Å². The molecule has 106 valence electrons. The van der Waals surface area contributed by atoms with Gasteiger partial charge in [0.2, 0.25) is 0 Å². The smallest absolute Gasteiger partial charge is 0.322 e. The molecule has 0 fully saturated rings. The average molecular weight is 285 g/mol. The minimum atomic E-state index is -0.560. The van der Waals surface area contributed by atoms with Gasteiger partial charge in [0.1, 0.15) is 0 Å². The molecule has 0 aromatic heterocycles. The molecule has 0 aliphatic rings. The molecule has 0 bridgehead atoms. The average Bonchev–Trinajstić information content (AvgIpc) is 2.30. The van der Waals surface area contributed by atoms with Crippen molar-refractivity contribution >= 4 is 23.3 Å². The zero-order chi connectivity index (χ0) is 14.6. The Kier molecular flexibility index (Phi) is 5.63. The molecule has 0 aliphatic heterocycles. The Labute approximate surface area is 119 Å². The predicted molar refractivity (Wildman–Crippen MR) is 78.7 cm³/mol. The number of carbonyl (C=O) groups is 1. The summed E-state index contributed by atoms with van der Waals surface area (Å²) in [6, 6.07) is 5.15. The molecule has 1 unspecified atom stereocenters. The number of carbonyl (C=O) groups excluding carboxylic acids is 1. The molecule has 1 rings (SSSR count). The summed E-state index contributed by atoms with van der Waals surface area (Å²) in [5.41, 5.74) is 1.61. The van der Waals surface area contributed by atoms with Gasteiger partial charge in [-0.3, -0.25) is 0 Å². The maximum Gasteiger partial charge on any atom is 0.322 e. The van der Waals surface area contributed by atoms with Gasteiger partial charge in [0.15, 0.2) is 0 Å². The van der Waals surface area contributed by atoms with Crippen LogP contribution in [-0.2, 0) is 0 Å². The highest BCUT2D eigenvalue weighted by molar-refractivity contribution is 6.31. The summed E-state index contributed by atoms with van der Waals surface area (Å²) in [6.07, 6.45) is -0.560. The van der Waals surface area contributed by atoms with Gasteiger partial charge in [-0.25, -0.2) is 4.79 Å². The first-order chi connectivity index (χ1) is 8.81. The number of hydrogen-bond donors (Lipinski definition) is 2. The second-order valence-corrected chi connectivity index (χ2v) is 5.40. The van der Waals surface area contributed by atoms with Gasteiger partial charge in [0.05, 0.1) is 6.10 Å². The van der Waals surface area contributed by atoms with E-state index >= 15 is 0 Å². The number of nitrogens with one attached hydrogen (secondary N) is 1. The van der Waals surface area contributed by atoms with Crippen molar-refractivity contribution in [2.45, 2.75) is 39.8 Å². The maximum atomic E-state index is 12.1. The Morgan fingerprint density at radius 3 is 2.53 bits per heavy atom.